The zero-order valence-corrected chi connectivity index (χ0v) is 6.11. The van der Waals surface area contributed by atoms with Gasteiger partial charge in [-0.25, -0.2) is 0 Å². The molecule has 1 N–H and O–H groups in total. The summed E-state index contributed by atoms with van der Waals surface area (Å²) in [6.45, 7) is 0. The second-order valence-corrected chi connectivity index (χ2v) is 1.86. The number of carbonyl (C=O) groups is 2. The second kappa shape index (κ2) is 3.34. The summed E-state index contributed by atoms with van der Waals surface area (Å²) in [5, 5.41) is 0. The summed E-state index contributed by atoms with van der Waals surface area (Å²) in [4.78, 5) is 22.1. The number of hydrogen-bond donors (Lipinski definition) is 2. The first kappa shape index (κ1) is 8.29. The normalized spacial score (nSPS) is 8.33. The standard InChI is InChI=1S/C4H8N2O2S/c1-6(2)4(8)3(7)5-9/h9H,1-2H3,(H,5,7). The number of thiol groups is 1. The van der Waals surface area contributed by atoms with Gasteiger partial charge in [0.15, 0.2) is 0 Å². The van der Waals surface area contributed by atoms with Gasteiger partial charge in [0.1, 0.15) is 0 Å². The molecular weight excluding hydrogens is 140 g/mol. The van der Waals surface area contributed by atoms with Gasteiger partial charge in [-0.2, -0.15) is 0 Å². The molecule has 2 amide bonds. The van der Waals surface area contributed by atoms with E-state index in [2.05, 4.69) is 12.8 Å². The Morgan fingerprint density at radius 3 is 2.00 bits per heavy atom. The van der Waals surface area contributed by atoms with Gasteiger partial charge in [0.05, 0.1) is 0 Å². The third-order valence-corrected chi connectivity index (χ3v) is 0.905. The minimum Gasteiger partial charge on any atom is -0.341 e. The van der Waals surface area contributed by atoms with Crippen LogP contribution in [0.5, 0.6) is 0 Å². The Bertz CT molecular complexity index is 135. The lowest BCUT2D eigenvalue weighted by atomic mass is 10.5. The van der Waals surface area contributed by atoms with Crippen LogP contribution in [0.25, 0.3) is 0 Å². The van der Waals surface area contributed by atoms with E-state index in [9.17, 15) is 9.59 Å². The molecule has 4 nitrogen and oxygen atoms in total. The Morgan fingerprint density at radius 1 is 1.44 bits per heavy atom. The third-order valence-electron chi connectivity index (χ3n) is 0.702. The van der Waals surface area contributed by atoms with Crippen LogP contribution >= 0.6 is 12.8 Å². The maximum absolute atomic E-state index is 10.5. The molecule has 0 aliphatic carbocycles. The molecule has 0 radical (unpaired) electrons. The van der Waals surface area contributed by atoms with E-state index in [0.717, 1.165) is 0 Å². The molecule has 0 fully saturated rings. The van der Waals surface area contributed by atoms with Crippen LogP contribution in [0.3, 0.4) is 0 Å². The van der Waals surface area contributed by atoms with E-state index in [4.69, 9.17) is 0 Å². The van der Waals surface area contributed by atoms with Gasteiger partial charge in [0.25, 0.3) is 0 Å². The van der Waals surface area contributed by atoms with E-state index in [0.29, 0.717) is 0 Å². The Balaban J connectivity index is 3.89. The van der Waals surface area contributed by atoms with Crippen LogP contribution < -0.4 is 4.72 Å². The molecule has 0 spiro atoms. The van der Waals surface area contributed by atoms with Crippen LogP contribution in [0.15, 0.2) is 0 Å². The molecule has 0 aliphatic rings. The average Bonchev–Trinajstić information content (AvgIpc) is 1.84. The van der Waals surface area contributed by atoms with Crippen LogP contribution in [-0.2, 0) is 9.59 Å². The van der Waals surface area contributed by atoms with Crippen LogP contribution in [0.4, 0.5) is 0 Å². The highest BCUT2D eigenvalue weighted by atomic mass is 32.1. The lowest BCUT2D eigenvalue weighted by Crippen LogP contribution is -2.35. The molecule has 0 saturated heterocycles. The highest BCUT2D eigenvalue weighted by molar-refractivity contribution is 7.78. The molecule has 0 rings (SSSR count). The van der Waals surface area contributed by atoms with Crippen molar-refractivity contribution in [2.24, 2.45) is 0 Å². The van der Waals surface area contributed by atoms with Gasteiger partial charge in [-0.1, -0.05) is 12.8 Å². The Hall–Kier alpha value is -0.710. The van der Waals surface area contributed by atoms with Crippen LogP contribution in [0.1, 0.15) is 0 Å². The summed E-state index contributed by atoms with van der Waals surface area (Å²) in [7, 11) is 2.98. The van der Waals surface area contributed by atoms with Crippen molar-refractivity contribution in [3.05, 3.63) is 0 Å². The molecule has 52 valence electrons. The quantitative estimate of drug-likeness (QED) is 0.343. The lowest BCUT2D eigenvalue weighted by molar-refractivity contribution is -0.143. The van der Waals surface area contributed by atoms with Crippen molar-refractivity contribution < 1.29 is 9.59 Å². The zero-order chi connectivity index (χ0) is 7.44. The van der Waals surface area contributed by atoms with Gasteiger partial charge >= 0.3 is 11.8 Å². The highest BCUT2D eigenvalue weighted by Crippen LogP contribution is 1.78. The van der Waals surface area contributed by atoms with Gasteiger partial charge in [0, 0.05) is 14.1 Å². The van der Waals surface area contributed by atoms with E-state index in [1.54, 1.807) is 0 Å². The Labute approximate surface area is 58.8 Å². The van der Waals surface area contributed by atoms with E-state index in [1.165, 1.54) is 19.0 Å². The Kier molecular flexibility index (Phi) is 3.08. The molecule has 0 aliphatic heterocycles. The lowest BCUT2D eigenvalue weighted by Gasteiger charge is -2.06. The smallest absolute Gasteiger partial charge is 0.319 e. The number of carbonyl (C=O) groups excluding carboxylic acids is 2. The second-order valence-electron chi connectivity index (χ2n) is 1.64. The fourth-order valence-electron chi connectivity index (χ4n) is 0.251. The maximum atomic E-state index is 10.5. The van der Waals surface area contributed by atoms with Crippen molar-refractivity contribution in [2.75, 3.05) is 14.1 Å². The van der Waals surface area contributed by atoms with Gasteiger partial charge in [-0.15, -0.1) is 0 Å². The SMILES string of the molecule is CN(C)C(=O)C(=O)NS. The van der Waals surface area contributed by atoms with Crippen LogP contribution in [-0.4, -0.2) is 30.8 Å². The molecule has 0 atom stereocenters. The van der Waals surface area contributed by atoms with Gasteiger partial charge < -0.3 is 4.90 Å². The topological polar surface area (TPSA) is 49.4 Å². The molecule has 5 heteroatoms. The fraction of sp³-hybridized carbons (Fsp3) is 0.500. The minimum absolute atomic E-state index is 0.606. The first-order valence-electron chi connectivity index (χ1n) is 2.25. The van der Waals surface area contributed by atoms with Crippen molar-refractivity contribution in [3.63, 3.8) is 0 Å². The summed E-state index contributed by atoms with van der Waals surface area (Å²) in [5.41, 5.74) is 0. The number of nitrogens with one attached hydrogen (secondary N) is 1. The maximum Gasteiger partial charge on any atom is 0.319 e. The van der Waals surface area contributed by atoms with Gasteiger partial charge in [-0.3, -0.25) is 14.3 Å². The number of nitrogens with zero attached hydrogens (tertiary/aromatic N) is 1. The molecule has 0 aromatic heterocycles. The minimum atomic E-state index is -0.719. The van der Waals surface area contributed by atoms with Gasteiger partial charge in [0.2, 0.25) is 0 Å². The van der Waals surface area contributed by atoms with Crippen molar-refractivity contribution in [1.29, 1.82) is 0 Å². The zero-order valence-electron chi connectivity index (χ0n) is 5.21. The predicted molar refractivity (Wildman–Crippen MR) is 35.8 cm³/mol. The molecule has 0 bridgehead atoms. The summed E-state index contributed by atoms with van der Waals surface area (Å²) in [6.07, 6.45) is 0. The number of amides is 2. The number of rotatable bonds is 0. The Morgan fingerprint density at radius 2 is 1.89 bits per heavy atom. The summed E-state index contributed by atoms with van der Waals surface area (Å²) < 4.78 is 1.91. The first-order chi connectivity index (χ1) is 4.09. The molecule has 0 heterocycles. The van der Waals surface area contributed by atoms with E-state index < -0.39 is 11.8 Å². The third kappa shape index (κ3) is 2.36. The monoisotopic (exact) mass is 148 g/mol. The predicted octanol–water partition coefficient (Wildman–Crippen LogP) is -0.964. The molecule has 0 aromatic carbocycles. The van der Waals surface area contributed by atoms with E-state index in [1.807, 2.05) is 4.72 Å². The molecular formula is C4H8N2O2S. The number of hydrogen-bond acceptors (Lipinski definition) is 3. The molecule has 0 aromatic rings. The van der Waals surface area contributed by atoms with Crippen molar-refractivity contribution in [3.8, 4) is 0 Å². The molecule has 0 unspecified atom stereocenters. The summed E-state index contributed by atoms with van der Waals surface area (Å²) >= 11 is 3.40. The van der Waals surface area contributed by atoms with Gasteiger partial charge in [-0.05, 0) is 0 Å². The van der Waals surface area contributed by atoms with Crippen molar-refractivity contribution in [1.82, 2.24) is 9.62 Å². The fourth-order valence-corrected chi connectivity index (χ4v) is 0.347. The van der Waals surface area contributed by atoms with Crippen molar-refractivity contribution >= 4 is 24.6 Å². The van der Waals surface area contributed by atoms with Crippen molar-refractivity contribution in [2.45, 2.75) is 0 Å². The summed E-state index contributed by atoms with van der Waals surface area (Å²) in [6, 6.07) is 0. The largest absolute Gasteiger partial charge is 0.341 e. The highest BCUT2D eigenvalue weighted by Gasteiger charge is 2.12. The van der Waals surface area contributed by atoms with Crippen LogP contribution in [0.2, 0.25) is 0 Å². The van der Waals surface area contributed by atoms with E-state index >= 15 is 0 Å². The van der Waals surface area contributed by atoms with E-state index in [-0.39, 0.29) is 0 Å². The average molecular weight is 148 g/mol. The first-order valence-corrected chi connectivity index (χ1v) is 2.70. The number of likely N-dealkylation sites (N-methyl/N-ethyl adjacent to an activating group) is 1. The molecule has 0 saturated carbocycles. The summed E-state index contributed by atoms with van der Waals surface area (Å²) in [5.74, 6) is -1.33. The molecule has 9 heavy (non-hydrogen) atoms. The van der Waals surface area contributed by atoms with Crippen LogP contribution in [0, 0.1) is 0 Å².